The van der Waals surface area contributed by atoms with Crippen molar-refractivity contribution < 1.29 is 37.1 Å². The normalized spacial score (nSPS) is 27.2. The van der Waals surface area contributed by atoms with Crippen molar-refractivity contribution in [1.29, 1.82) is 0 Å². The summed E-state index contributed by atoms with van der Waals surface area (Å²) in [4.78, 5) is 67.5. The van der Waals surface area contributed by atoms with E-state index in [1.807, 2.05) is 41.8 Å². The number of hydrogen-bond acceptors (Lipinski definition) is 11. The van der Waals surface area contributed by atoms with E-state index in [0.29, 0.717) is 55.3 Å². The number of ether oxygens (including phenoxy) is 2. The second-order valence-corrected chi connectivity index (χ2v) is 18.1. The van der Waals surface area contributed by atoms with Gasteiger partial charge in [-0.05, 0) is 76.5 Å². The van der Waals surface area contributed by atoms with Crippen molar-refractivity contribution in [3.63, 3.8) is 0 Å². The molecule has 14 nitrogen and oxygen atoms in total. The third-order valence-electron chi connectivity index (χ3n) is 10.2. The van der Waals surface area contributed by atoms with Crippen LogP contribution in [0, 0.1) is 5.92 Å². The highest BCUT2D eigenvalue weighted by Gasteiger charge is 2.62. The summed E-state index contributed by atoms with van der Waals surface area (Å²) >= 11 is 1.48. The van der Waals surface area contributed by atoms with Crippen molar-refractivity contribution in [2.24, 2.45) is 5.92 Å². The lowest BCUT2D eigenvalue weighted by atomic mass is 9.98. The molecule has 2 aromatic heterocycles. The van der Waals surface area contributed by atoms with Crippen molar-refractivity contribution in [1.82, 2.24) is 30.2 Å². The van der Waals surface area contributed by atoms with Crippen LogP contribution < -0.4 is 20.1 Å². The molecule has 3 unspecified atom stereocenters. The van der Waals surface area contributed by atoms with E-state index in [-0.39, 0.29) is 18.7 Å². The molecule has 1 aromatic carbocycles. The first kappa shape index (κ1) is 36.8. The van der Waals surface area contributed by atoms with Crippen LogP contribution in [0.25, 0.3) is 21.6 Å². The number of fused-ring (bicyclic) bond motifs is 2. The Kier molecular flexibility index (Phi) is 9.72. The zero-order valence-electron chi connectivity index (χ0n) is 29.9. The monoisotopic (exact) mass is 764 g/mol. The zero-order valence-corrected chi connectivity index (χ0v) is 31.5. The number of sulfonamides is 1. The van der Waals surface area contributed by atoms with Crippen LogP contribution in [-0.2, 0) is 29.1 Å². The smallest absolute Gasteiger partial charge is 0.408 e. The SMILES string of the molecule is C=C[C@@H]1CC1(NC(=O)[C@@H]1C[C@@H](Oc2nc3ccccc3nc2-c2cccs2)C2CCCCC(NC(=O)OC(C)(C)C)C(=O)N21)C(=O)NS(=O)(=O)C1CC1. The van der Waals surface area contributed by atoms with Crippen molar-refractivity contribution >= 4 is 56.2 Å². The molecule has 2 saturated carbocycles. The molecule has 282 valence electrons. The molecule has 4 heterocycles. The molecule has 4 aliphatic rings. The topological polar surface area (TPSA) is 186 Å². The number of nitrogens with one attached hydrogen (secondary N) is 3. The van der Waals surface area contributed by atoms with Gasteiger partial charge >= 0.3 is 6.09 Å². The maximum atomic E-state index is 14.5. The van der Waals surface area contributed by atoms with Gasteiger partial charge in [0.2, 0.25) is 27.7 Å². The average Bonchev–Trinajstić information content (AvgIpc) is 3.98. The number of thiophene rings is 1. The van der Waals surface area contributed by atoms with Crippen LogP contribution in [0.5, 0.6) is 5.88 Å². The summed E-state index contributed by atoms with van der Waals surface area (Å²) in [5, 5.41) is 6.85. The number of para-hydroxylation sites is 2. The Labute approximate surface area is 312 Å². The number of carbonyl (C=O) groups is 4. The number of carbonyl (C=O) groups excluding carboxylic acids is 4. The first-order valence-electron chi connectivity index (χ1n) is 18.0. The molecule has 0 radical (unpaired) electrons. The molecular weight excluding hydrogens is 721 g/mol. The fourth-order valence-electron chi connectivity index (χ4n) is 7.29. The van der Waals surface area contributed by atoms with Crippen molar-refractivity contribution in [2.45, 2.75) is 113 Å². The summed E-state index contributed by atoms with van der Waals surface area (Å²) < 4.78 is 39.9. The van der Waals surface area contributed by atoms with Crippen molar-refractivity contribution in [3.8, 4) is 16.5 Å². The summed E-state index contributed by atoms with van der Waals surface area (Å²) in [5.74, 6) is -2.22. The van der Waals surface area contributed by atoms with Gasteiger partial charge in [0.1, 0.15) is 35.0 Å². The fourth-order valence-corrected chi connectivity index (χ4v) is 9.36. The summed E-state index contributed by atoms with van der Waals surface area (Å²) in [6.07, 6.45) is 3.25. The highest BCUT2D eigenvalue weighted by Crippen LogP contribution is 2.46. The molecule has 4 amide bonds. The van der Waals surface area contributed by atoms with Gasteiger partial charge in [0.15, 0.2) is 0 Å². The van der Waals surface area contributed by atoms with Gasteiger partial charge < -0.3 is 25.0 Å². The lowest BCUT2D eigenvalue weighted by molar-refractivity contribution is -0.144. The van der Waals surface area contributed by atoms with Crippen LogP contribution >= 0.6 is 11.3 Å². The predicted octanol–water partition coefficient (Wildman–Crippen LogP) is 4.21. The second-order valence-electron chi connectivity index (χ2n) is 15.2. The van der Waals surface area contributed by atoms with E-state index in [4.69, 9.17) is 19.4 Å². The first-order chi connectivity index (χ1) is 25.2. The fraction of sp³-hybridized carbons (Fsp3) is 0.514. The molecule has 16 heteroatoms. The molecule has 2 saturated heterocycles. The minimum Gasteiger partial charge on any atom is -0.470 e. The van der Waals surface area contributed by atoms with Gasteiger partial charge in [-0.3, -0.25) is 19.1 Å². The predicted molar refractivity (Wildman–Crippen MR) is 197 cm³/mol. The van der Waals surface area contributed by atoms with E-state index < -0.39 is 80.4 Å². The van der Waals surface area contributed by atoms with Gasteiger partial charge in [-0.25, -0.2) is 23.2 Å². The Morgan fingerprint density at radius 3 is 2.40 bits per heavy atom. The molecule has 0 spiro atoms. The van der Waals surface area contributed by atoms with Gasteiger partial charge in [0.25, 0.3) is 5.91 Å². The van der Waals surface area contributed by atoms with Gasteiger partial charge in [-0.15, -0.1) is 17.9 Å². The largest absolute Gasteiger partial charge is 0.470 e. The Morgan fingerprint density at radius 1 is 1.04 bits per heavy atom. The van der Waals surface area contributed by atoms with E-state index in [1.165, 1.54) is 22.3 Å². The summed E-state index contributed by atoms with van der Waals surface area (Å²) in [6, 6.07) is 8.50. The quantitative estimate of drug-likeness (QED) is 0.253. The van der Waals surface area contributed by atoms with E-state index >= 15 is 0 Å². The summed E-state index contributed by atoms with van der Waals surface area (Å²) in [5.41, 5.74) is -0.536. The molecular formula is C37H44N6O8S2. The van der Waals surface area contributed by atoms with Gasteiger partial charge in [0, 0.05) is 12.3 Å². The minimum absolute atomic E-state index is 0.0383. The molecule has 3 aromatic rings. The molecule has 0 bridgehead atoms. The molecule has 2 aliphatic heterocycles. The van der Waals surface area contributed by atoms with Crippen LogP contribution in [-0.4, -0.2) is 87.7 Å². The lowest BCUT2D eigenvalue weighted by Gasteiger charge is -2.36. The van der Waals surface area contributed by atoms with E-state index in [2.05, 4.69) is 21.9 Å². The van der Waals surface area contributed by atoms with Gasteiger partial charge in [-0.2, -0.15) is 0 Å². The lowest BCUT2D eigenvalue weighted by Crippen LogP contribution is -2.60. The van der Waals surface area contributed by atoms with Crippen LogP contribution in [0.2, 0.25) is 0 Å². The van der Waals surface area contributed by atoms with Gasteiger partial charge in [0.05, 0.1) is 27.2 Å². The first-order valence-corrected chi connectivity index (χ1v) is 20.4. The maximum absolute atomic E-state index is 14.5. The third kappa shape index (κ3) is 7.61. The highest BCUT2D eigenvalue weighted by molar-refractivity contribution is 7.91. The second kappa shape index (κ2) is 14.0. The van der Waals surface area contributed by atoms with E-state index in [1.54, 1.807) is 20.8 Å². The molecule has 2 aliphatic carbocycles. The van der Waals surface area contributed by atoms with Crippen LogP contribution in [0.15, 0.2) is 54.4 Å². The Bertz CT molecular complexity index is 2050. The van der Waals surface area contributed by atoms with E-state index in [0.717, 1.165) is 4.88 Å². The number of alkyl carbamates (subject to hydrolysis) is 1. The Balaban J connectivity index is 1.22. The van der Waals surface area contributed by atoms with Crippen LogP contribution in [0.1, 0.15) is 72.1 Å². The van der Waals surface area contributed by atoms with Gasteiger partial charge in [-0.1, -0.05) is 37.1 Å². The maximum Gasteiger partial charge on any atom is 0.408 e. The van der Waals surface area contributed by atoms with Crippen molar-refractivity contribution in [2.75, 3.05) is 0 Å². The number of rotatable bonds is 10. The zero-order chi connectivity index (χ0) is 37.7. The number of benzene rings is 1. The van der Waals surface area contributed by atoms with Crippen molar-refractivity contribution in [3.05, 3.63) is 54.4 Å². The van der Waals surface area contributed by atoms with Crippen LogP contribution in [0.4, 0.5) is 4.79 Å². The summed E-state index contributed by atoms with van der Waals surface area (Å²) in [7, 11) is -3.90. The Morgan fingerprint density at radius 2 is 1.75 bits per heavy atom. The molecule has 7 rings (SSSR count). The standard InChI is InChI=1S/C37H44N6O8S2/c1-5-21-20-37(21,34(46)42-53(48,49)22-16-17-22)41-31(44)27-19-28(26-14-9-8-13-25(33(45)43(26)27)40-35(47)51-36(2,3)4)50-32-30(29-15-10-18-52-29)38-23-11-6-7-12-24(23)39-32/h5-7,10-12,15,18,21-22,25-28H,1,8-9,13-14,16-17,19-20H2,2-4H3,(H,40,47)(H,41,44)(H,42,46)/t21-,25?,26?,27+,28-,37?/m1/s1. The minimum atomic E-state index is -3.90. The van der Waals surface area contributed by atoms with E-state index in [9.17, 15) is 27.6 Å². The third-order valence-corrected chi connectivity index (χ3v) is 12.9. The Hall–Kier alpha value is -4.57. The van der Waals surface area contributed by atoms with Crippen LogP contribution in [0.3, 0.4) is 0 Å². The molecule has 4 fully saturated rings. The number of hydrogen-bond donors (Lipinski definition) is 3. The number of aromatic nitrogens is 2. The highest BCUT2D eigenvalue weighted by atomic mass is 32.2. The molecule has 3 N–H and O–H groups in total. The summed E-state index contributed by atoms with van der Waals surface area (Å²) in [6.45, 7) is 8.96. The molecule has 6 atom stereocenters. The molecule has 53 heavy (non-hydrogen) atoms. The average molecular weight is 765 g/mol. The number of amides is 4. The number of nitrogens with zero attached hydrogens (tertiary/aromatic N) is 3.